The summed E-state index contributed by atoms with van der Waals surface area (Å²) in [5.74, 6) is 0. The van der Waals surface area contributed by atoms with Crippen LogP contribution in [-0.2, 0) is 4.79 Å². The summed E-state index contributed by atoms with van der Waals surface area (Å²) in [6.07, 6.45) is 15.3. The topological polar surface area (TPSA) is 101 Å². The van der Waals surface area contributed by atoms with Gasteiger partial charge in [-0.05, 0) is 32.1 Å². The van der Waals surface area contributed by atoms with Crippen LogP contribution in [0.4, 0.5) is 0 Å². The van der Waals surface area contributed by atoms with Crippen LogP contribution in [0.15, 0.2) is 12.2 Å². The molecule has 0 aliphatic rings. The van der Waals surface area contributed by atoms with Crippen LogP contribution >= 0.6 is 7.77 Å². The zero-order chi connectivity index (χ0) is 18.9. The van der Waals surface area contributed by atoms with Crippen molar-refractivity contribution in [1.29, 1.82) is 0 Å². The predicted molar refractivity (Wildman–Crippen MR) is 102 cm³/mol. The standard InChI is InChI=1S/C19H35O5P/c1-2-3-4-5-6-7-8-9-10-11-12-13-14-15-18(22)25(24)19(23)17(21)16-20/h7-8,17,20-21,23H,2-6,9-16H2,1H3/b8-7-. The third-order valence-corrected chi connectivity index (χ3v) is 5.45. The number of rotatable bonds is 16. The molecule has 3 N–H and O–H groups in total. The van der Waals surface area contributed by atoms with Crippen LogP contribution in [0.25, 0.3) is 0 Å². The molecule has 2 unspecified atom stereocenters. The van der Waals surface area contributed by atoms with Gasteiger partial charge in [-0.15, -0.1) is 0 Å². The van der Waals surface area contributed by atoms with Gasteiger partial charge in [0, 0.05) is 0 Å². The molecule has 0 heterocycles. The van der Waals surface area contributed by atoms with Crippen molar-refractivity contribution in [2.45, 2.75) is 90.1 Å². The Morgan fingerprint density at radius 3 is 2.08 bits per heavy atom. The highest BCUT2D eigenvalue weighted by Crippen LogP contribution is 2.20. The maximum absolute atomic E-state index is 11.6. The minimum absolute atomic E-state index is 0.134. The number of hydrogen-bond acceptors (Lipinski definition) is 4. The molecule has 0 aliphatic carbocycles. The molecule has 0 radical (unpaired) electrons. The number of allylic oxidation sites excluding steroid dienone is 2. The van der Waals surface area contributed by atoms with E-state index in [1.54, 1.807) is 0 Å². The van der Waals surface area contributed by atoms with Gasteiger partial charge >= 0.3 is 5.52 Å². The van der Waals surface area contributed by atoms with Crippen LogP contribution in [0, 0.1) is 0 Å². The van der Waals surface area contributed by atoms with Crippen molar-refractivity contribution in [3.8, 4) is 0 Å². The van der Waals surface area contributed by atoms with E-state index in [9.17, 15) is 14.8 Å². The van der Waals surface area contributed by atoms with Gasteiger partial charge < -0.3 is 20.2 Å². The first-order valence-electron chi connectivity index (χ1n) is 9.54. The van der Waals surface area contributed by atoms with Gasteiger partial charge in [-0.2, -0.15) is 0 Å². The molecule has 0 fully saturated rings. The van der Waals surface area contributed by atoms with E-state index in [1.165, 1.54) is 32.1 Å². The molecule has 2 atom stereocenters. The van der Waals surface area contributed by atoms with Crippen molar-refractivity contribution in [2.24, 2.45) is 0 Å². The third-order valence-electron chi connectivity index (χ3n) is 4.06. The van der Waals surface area contributed by atoms with Crippen LogP contribution < -0.4 is 4.89 Å². The van der Waals surface area contributed by atoms with Crippen LogP contribution in [0.3, 0.4) is 0 Å². The molecule has 5 nitrogen and oxygen atoms in total. The highest BCUT2D eigenvalue weighted by molar-refractivity contribution is 7.68. The van der Waals surface area contributed by atoms with Crippen LogP contribution in [0.5, 0.6) is 0 Å². The van der Waals surface area contributed by atoms with E-state index in [2.05, 4.69) is 19.1 Å². The van der Waals surface area contributed by atoms with Gasteiger partial charge in [0.1, 0.15) is 0 Å². The smallest absolute Gasteiger partial charge is 0.321 e. The molecule has 0 aromatic carbocycles. The number of aliphatic hydroxyl groups is 3. The van der Waals surface area contributed by atoms with E-state index in [0.717, 1.165) is 32.1 Å². The number of carbonyl (C=O) groups is 1. The molecule has 0 aromatic heterocycles. The molecule has 0 aliphatic heterocycles. The highest BCUT2D eigenvalue weighted by Gasteiger charge is 2.23. The minimum atomic E-state index is -2.62. The lowest BCUT2D eigenvalue weighted by atomic mass is 10.1. The predicted octanol–water partition coefficient (Wildman–Crippen LogP) is 3.38. The Morgan fingerprint density at radius 2 is 1.52 bits per heavy atom. The molecule has 0 saturated heterocycles. The quantitative estimate of drug-likeness (QED) is 0.218. The molecule has 0 saturated carbocycles. The second-order valence-corrected chi connectivity index (χ2v) is 7.92. The second kappa shape index (κ2) is 16.9. The average molecular weight is 374 g/mol. The molecule has 0 aromatic rings. The first-order chi connectivity index (χ1) is 12.0. The van der Waals surface area contributed by atoms with Crippen molar-refractivity contribution in [1.82, 2.24) is 0 Å². The van der Waals surface area contributed by atoms with Crippen molar-refractivity contribution in [3.05, 3.63) is 12.2 Å². The third kappa shape index (κ3) is 13.3. The largest absolute Gasteiger partial charge is 0.622 e. The average Bonchev–Trinajstić information content (AvgIpc) is 2.63. The van der Waals surface area contributed by atoms with Gasteiger partial charge in [0.25, 0.3) is 5.48 Å². The Kier molecular flexibility index (Phi) is 16.5. The summed E-state index contributed by atoms with van der Waals surface area (Å²) in [6, 6.07) is 0. The molecule has 0 spiro atoms. The molecule has 0 amide bonds. The Morgan fingerprint density at radius 1 is 1.00 bits per heavy atom. The van der Waals surface area contributed by atoms with Gasteiger partial charge in [0.15, 0.2) is 13.9 Å². The van der Waals surface area contributed by atoms with Gasteiger partial charge in [-0.3, -0.25) is 0 Å². The molecule has 146 valence electrons. The molecule has 25 heavy (non-hydrogen) atoms. The molecular formula is C19H35O5P. The van der Waals surface area contributed by atoms with Gasteiger partial charge in [-0.1, -0.05) is 57.6 Å². The lowest BCUT2D eigenvalue weighted by Crippen LogP contribution is -2.26. The SMILES string of the molecule is CCCCCC/C=C\CCCCCCCC(=O)/[P+]([O-])=C(\O)C(O)CO. The van der Waals surface area contributed by atoms with E-state index in [-0.39, 0.29) is 6.42 Å². The van der Waals surface area contributed by atoms with E-state index < -0.39 is 31.5 Å². The normalized spacial score (nSPS) is 14.0. The zero-order valence-corrected chi connectivity index (χ0v) is 16.4. The molecular weight excluding hydrogens is 339 g/mol. The fourth-order valence-electron chi connectivity index (χ4n) is 2.44. The van der Waals surface area contributed by atoms with Crippen molar-refractivity contribution in [3.63, 3.8) is 0 Å². The minimum Gasteiger partial charge on any atom is -0.622 e. The number of carbonyl (C=O) groups excluding carboxylic acids is 1. The Bertz CT molecular complexity index is 407. The van der Waals surface area contributed by atoms with E-state index >= 15 is 0 Å². The maximum atomic E-state index is 11.6. The maximum Gasteiger partial charge on any atom is 0.321 e. The molecule has 6 heteroatoms. The van der Waals surface area contributed by atoms with E-state index in [0.29, 0.717) is 6.42 Å². The molecule has 0 rings (SSSR count). The monoisotopic (exact) mass is 374 g/mol. The summed E-state index contributed by atoms with van der Waals surface area (Å²) in [5, 5.41) is 27.2. The summed E-state index contributed by atoms with van der Waals surface area (Å²) < 4.78 is 0. The van der Waals surface area contributed by atoms with E-state index in [1.807, 2.05) is 0 Å². The van der Waals surface area contributed by atoms with Crippen molar-refractivity contribution < 1.29 is 25.0 Å². The van der Waals surface area contributed by atoms with Crippen molar-refractivity contribution >= 4 is 18.8 Å². The Balaban J connectivity index is 3.61. The van der Waals surface area contributed by atoms with Crippen LogP contribution in [0.1, 0.15) is 84.0 Å². The summed E-state index contributed by atoms with van der Waals surface area (Å²) in [5.41, 5.74) is -1.38. The summed E-state index contributed by atoms with van der Waals surface area (Å²) in [4.78, 5) is 23.3. The van der Waals surface area contributed by atoms with Crippen LogP contribution in [0.2, 0.25) is 0 Å². The van der Waals surface area contributed by atoms with Crippen LogP contribution in [-0.4, -0.2) is 39.0 Å². The fourth-order valence-corrected chi connectivity index (χ4v) is 3.41. The number of hydrogen-bond donors (Lipinski definition) is 3. The molecule has 0 bridgehead atoms. The van der Waals surface area contributed by atoms with E-state index in [4.69, 9.17) is 10.2 Å². The Hall–Kier alpha value is -0.580. The van der Waals surface area contributed by atoms with Gasteiger partial charge in [0.05, 0.1) is 13.0 Å². The highest BCUT2D eigenvalue weighted by atomic mass is 31.1. The summed E-state index contributed by atoms with van der Waals surface area (Å²) in [7, 11) is -2.62. The van der Waals surface area contributed by atoms with Gasteiger partial charge in [-0.25, -0.2) is 4.79 Å². The zero-order valence-electron chi connectivity index (χ0n) is 15.5. The van der Waals surface area contributed by atoms with Gasteiger partial charge in [0.2, 0.25) is 0 Å². The lowest BCUT2D eigenvalue weighted by molar-refractivity contribution is -0.159. The summed E-state index contributed by atoms with van der Waals surface area (Å²) >= 11 is 0. The fraction of sp³-hybridized carbons (Fsp3) is 0.789. The summed E-state index contributed by atoms with van der Waals surface area (Å²) in [6.45, 7) is 1.48. The lowest BCUT2D eigenvalue weighted by Gasteiger charge is -2.05. The second-order valence-electron chi connectivity index (χ2n) is 6.37. The number of unbranched alkanes of at least 4 members (excludes halogenated alkanes) is 9. The first-order valence-corrected chi connectivity index (χ1v) is 10.8. The number of aliphatic hydroxyl groups excluding tert-OH is 3. The Labute approximate surface area is 153 Å². The van der Waals surface area contributed by atoms with Crippen molar-refractivity contribution in [2.75, 3.05) is 6.61 Å². The first kappa shape index (κ1) is 24.4.